The summed E-state index contributed by atoms with van der Waals surface area (Å²) in [5, 5.41) is 4.62. The van der Waals surface area contributed by atoms with Crippen molar-refractivity contribution >= 4 is 29.0 Å². The molecule has 114 valence electrons. The Hall–Kier alpha value is -3.06. The highest BCUT2D eigenvalue weighted by molar-refractivity contribution is 7.07. The van der Waals surface area contributed by atoms with E-state index in [0.29, 0.717) is 11.4 Å². The zero-order valence-corrected chi connectivity index (χ0v) is 12.7. The Bertz CT molecular complexity index is 787. The third-order valence-electron chi connectivity index (χ3n) is 2.73. The normalized spacial score (nSPS) is 10.6. The van der Waals surface area contributed by atoms with Crippen molar-refractivity contribution in [2.24, 2.45) is 0 Å². The highest BCUT2D eigenvalue weighted by atomic mass is 32.1. The van der Waals surface area contributed by atoms with Crippen molar-refractivity contribution < 1.29 is 9.53 Å². The Morgan fingerprint density at radius 2 is 1.91 bits per heavy atom. The first kappa shape index (κ1) is 14.9. The topological polar surface area (TPSA) is 77.0 Å². The number of hydrogen-bond donors (Lipinski definition) is 1. The van der Waals surface area contributed by atoms with Crippen LogP contribution in [-0.2, 0) is 4.79 Å². The fraction of sp³-hybridized carbons (Fsp3) is 0. The molecule has 6 nitrogen and oxygen atoms in total. The molecule has 0 spiro atoms. The Balaban J connectivity index is 1.58. The lowest BCUT2D eigenvalue weighted by atomic mass is 10.3. The lowest BCUT2D eigenvalue weighted by molar-refractivity contribution is -0.111. The maximum atomic E-state index is 11.8. The summed E-state index contributed by atoms with van der Waals surface area (Å²) in [5.41, 5.74) is 3.14. The summed E-state index contributed by atoms with van der Waals surface area (Å²) in [7, 11) is 0. The van der Waals surface area contributed by atoms with Crippen LogP contribution < -0.4 is 10.1 Å². The van der Waals surface area contributed by atoms with Crippen molar-refractivity contribution in [1.29, 1.82) is 0 Å². The van der Waals surface area contributed by atoms with E-state index in [1.165, 1.54) is 17.4 Å². The van der Waals surface area contributed by atoms with Gasteiger partial charge in [0.15, 0.2) is 0 Å². The van der Waals surface area contributed by atoms with Crippen LogP contribution in [0.2, 0.25) is 0 Å². The number of rotatable bonds is 5. The highest BCUT2D eigenvalue weighted by Gasteiger charge is 2.01. The second-order valence-corrected chi connectivity index (χ2v) is 5.11. The second kappa shape index (κ2) is 7.28. The van der Waals surface area contributed by atoms with Crippen LogP contribution in [0.15, 0.2) is 59.7 Å². The van der Waals surface area contributed by atoms with Crippen molar-refractivity contribution in [2.75, 3.05) is 5.32 Å². The van der Waals surface area contributed by atoms with Crippen LogP contribution in [-0.4, -0.2) is 20.9 Å². The van der Waals surface area contributed by atoms with E-state index < -0.39 is 0 Å². The van der Waals surface area contributed by atoms with Crippen LogP contribution in [0.4, 0.5) is 5.69 Å². The number of anilines is 1. The van der Waals surface area contributed by atoms with E-state index in [1.54, 1.807) is 54.3 Å². The molecule has 1 N–H and O–H groups in total. The number of benzene rings is 1. The average molecular weight is 324 g/mol. The van der Waals surface area contributed by atoms with Crippen LogP contribution in [0.3, 0.4) is 0 Å². The molecule has 0 unspecified atom stereocenters. The van der Waals surface area contributed by atoms with Crippen LogP contribution in [0.5, 0.6) is 11.8 Å². The zero-order valence-electron chi connectivity index (χ0n) is 11.9. The number of amides is 1. The predicted molar refractivity (Wildman–Crippen MR) is 88.3 cm³/mol. The van der Waals surface area contributed by atoms with Gasteiger partial charge in [-0.15, -0.1) is 11.3 Å². The number of carbonyl (C=O) groups is 1. The fourth-order valence-electron chi connectivity index (χ4n) is 1.70. The third kappa shape index (κ3) is 4.45. The van der Waals surface area contributed by atoms with Crippen molar-refractivity contribution in [3.05, 3.63) is 65.4 Å². The van der Waals surface area contributed by atoms with Gasteiger partial charge in [-0.3, -0.25) is 4.79 Å². The molecule has 3 rings (SSSR count). The van der Waals surface area contributed by atoms with Crippen LogP contribution in [0.25, 0.3) is 6.08 Å². The number of nitrogens with one attached hydrogen (secondary N) is 1. The predicted octanol–water partition coefficient (Wildman–Crippen LogP) is 3.38. The van der Waals surface area contributed by atoms with Crippen molar-refractivity contribution in [1.82, 2.24) is 15.0 Å². The summed E-state index contributed by atoms with van der Waals surface area (Å²) < 4.78 is 5.48. The van der Waals surface area contributed by atoms with Gasteiger partial charge in [-0.1, -0.05) is 0 Å². The Morgan fingerprint density at radius 3 is 2.61 bits per heavy atom. The molecule has 2 aromatic heterocycles. The molecule has 1 aromatic carbocycles. The van der Waals surface area contributed by atoms with Crippen LogP contribution in [0, 0.1) is 0 Å². The Morgan fingerprint density at radius 1 is 1.13 bits per heavy atom. The summed E-state index contributed by atoms with van der Waals surface area (Å²) in [5.74, 6) is 0.366. The fourth-order valence-corrected chi connectivity index (χ4v) is 2.22. The maximum absolute atomic E-state index is 11.8. The first-order chi connectivity index (χ1) is 11.3. The van der Waals surface area contributed by atoms with Gasteiger partial charge in [0.1, 0.15) is 5.75 Å². The Kier molecular flexibility index (Phi) is 4.70. The minimum atomic E-state index is -0.224. The molecular weight excluding hydrogens is 312 g/mol. The molecule has 0 aliphatic rings. The van der Waals surface area contributed by atoms with Gasteiger partial charge in [-0.05, 0) is 36.4 Å². The van der Waals surface area contributed by atoms with Crippen molar-refractivity contribution in [3.8, 4) is 11.8 Å². The molecule has 2 heterocycles. The molecule has 0 fully saturated rings. The van der Waals surface area contributed by atoms with Gasteiger partial charge in [-0.25, -0.2) is 15.0 Å². The van der Waals surface area contributed by atoms with Gasteiger partial charge in [0.2, 0.25) is 5.91 Å². The highest BCUT2D eigenvalue weighted by Crippen LogP contribution is 2.19. The summed E-state index contributed by atoms with van der Waals surface area (Å²) in [6.45, 7) is 0. The Labute approximate surface area is 136 Å². The second-order valence-electron chi connectivity index (χ2n) is 4.39. The van der Waals surface area contributed by atoms with E-state index in [-0.39, 0.29) is 11.9 Å². The van der Waals surface area contributed by atoms with Gasteiger partial charge in [-0.2, -0.15) is 0 Å². The smallest absolute Gasteiger partial charge is 0.321 e. The molecular formula is C16H12N4O2S. The molecule has 23 heavy (non-hydrogen) atoms. The molecule has 0 aliphatic heterocycles. The van der Waals surface area contributed by atoms with Gasteiger partial charge >= 0.3 is 6.01 Å². The summed E-state index contributed by atoms with van der Waals surface area (Å²) in [4.78, 5) is 23.8. The number of nitrogens with zero attached hydrogens (tertiary/aromatic N) is 3. The largest absolute Gasteiger partial charge is 0.424 e. The molecule has 0 aliphatic carbocycles. The van der Waals surface area contributed by atoms with Crippen LogP contribution in [0.1, 0.15) is 5.69 Å². The van der Waals surface area contributed by atoms with E-state index in [4.69, 9.17) is 4.74 Å². The maximum Gasteiger partial charge on any atom is 0.321 e. The van der Waals surface area contributed by atoms with Crippen LogP contribution >= 0.6 is 11.3 Å². The molecule has 7 heteroatoms. The summed E-state index contributed by atoms with van der Waals surface area (Å²) >= 11 is 1.48. The standard InChI is InChI=1S/C16H12N4O2S/c21-15(7-4-13-10-23-11-19-13)20-12-2-5-14(6-3-12)22-16-17-8-1-9-18-16/h1-11H,(H,20,21). The third-order valence-corrected chi connectivity index (χ3v) is 3.33. The molecule has 0 bridgehead atoms. The summed E-state index contributed by atoms with van der Waals surface area (Å²) in [6.07, 6.45) is 6.31. The van der Waals surface area contributed by atoms with Crippen molar-refractivity contribution in [2.45, 2.75) is 0 Å². The molecule has 0 saturated carbocycles. The van der Waals surface area contributed by atoms with E-state index in [0.717, 1.165) is 5.69 Å². The number of aromatic nitrogens is 3. The monoisotopic (exact) mass is 324 g/mol. The molecule has 0 radical (unpaired) electrons. The van der Waals surface area contributed by atoms with Gasteiger partial charge in [0, 0.05) is 29.5 Å². The zero-order chi connectivity index (χ0) is 15.9. The first-order valence-electron chi connectivity index (χ1n) is 6.72. The lowest BCUT2D eigenvalue weighted by Crippen LogP contribution is -2.07. The quantitative estimate of drug-likeness (QED) is 0.728. The number of ether oxygens (including phenoxy) is 1. The van der Waals surface area contributed by atoms with E-state index in [9.17, 15) is 4.79 Å². The van der Waals surface area contributed by atoms with E-state index in [2.05, 4.69) is 20.3 Å². The van der Waals surface area contributed by atoms with Gasteiger partial charge in [0.05, 0.1) is 11.2 Å². The van der Waals surface area contributed by atoms with E-state index in [1.807, 2.05) is 5.38 Å². The molecule has 0 saturated heterocycles. The minimum absolute atomic E-state index is 0.224. The number of thiazole rings is 1. The summed E-state index contributed by atoms with van der Waals surface area (Å²) in [6, 6.07) is 8.94. The van der Waals surface area contributed by atoms with Gasteiger partial charge < -0.3 is 10.1 Å². The minimum Gasteiger partial charge on any atom is -0.424 e. The molecule has 0 atom stereocenters. The lowest BCUT2D eigenvalue weighted by Gasteiger charge is -2.05. The van der Waals surface area contributed by atoms with Gasteiger partial charge in [0.25, 0.3) is 0 Å². The average Bonchev–Trinajstić information content (AvgIpc) is 3.09. The molecule has 3 aromatic rings. The van der Waals surface area contributed by atoms with Crippen molar-refractivity contribution in [3.63, 3.8) is 0 Å². The first-order valence-corrected chi connectivity index (χ1v) is 7.66. The van der Waals surface area contributed by atoms with E-state index >= 15 is 0 Å². The number of carbonyl (C=O) groups excluding carboxylic acids is 1. The molecule has 1 amide bonds. The SMILES string of the molecule is O=C(C=Cc1cscn1)Nc1ccc(Oc2ncccn2)cc1. The number of hydrogen-bond acceptors (Lipinski definition) is 6.